The summed E-state index contributed by atoms with van der Waals surface area (Å²) < 4.78 is 5.58. The van der Waals surface area contributed by atoms with Gasteiger partial charge >= 0.3 is 0 Å². The molecule has 17 heavy (non-hydrogen) atoms. The number of hydrogen-bond acceptors (Lipinski definition) is 3. The molecule has 2 saturated heterocycles. The minimum atomic E-state index is -0.203. The van der Waals surface area contributed by atoms with E-state index < -0.39 is 0 Å². The first-order valence-electron chi connectivity index (χ1n) is 6.84. The molecule has 98 valence electrons. The number of piperidine rings is 1. The lowest BCUT2D eigenvalue weighted by atomic mass is 9.91. The number of nitrogens with zero attached hydrogens (tertiary/aromatic N) is 1. The maximum atomic E-state index is 12.4. The van der Waals surface area contributed by atoms with Crippen molar-refractivity contribution in [2.45, 2.75) is 51.2 Å². The summed E-state index contributed by atoms with van der Waals surface area (Å²) in [7, 11) is 0. The highest BCUT2D eigenvalue weighted by atomic mass is 16.5. The molecule has 0 bridgehead atoms. The van der Waals surface area contributed by atoms with Crippen LogP contribution in [0.1, 0.15) is 39.0 Å². The Labute approximate surface area is 103 Å². The highest BCUT2D eigenvalue weighted by Crippen LogP contribution is 2.24. The SMILES string of the molecule is CC1CCN(C(=O)C2CCCCO2)C(CN)C1. The van der Waals surface area contributed by atoms with Gasteiger partial charge in [0.2, 0.25) is 0 Å². The van der Waals surface area contributed by atoms with Crippen LogP contribution in [0.2, 0.25) is 0 Å². The van der Waals surface area contributed by atoms with Crippen LogP contribution < -0.4 is 5.73 Å². The average molecular weight is 240 g/mol. The van der Waals surface area contributed by atoms with Gasteiger partial charge in [-0.1, -0.05) is 6.92 Å². The molecular formula is C13H24N2O2. The average Bonchev–Trinajstić information content (AvgIpc) is 2.39. The van der Waals surface area contributed by atoms with Gasteiger partial charge in [0.1, 0.15) is 6.10 Å². The Kier molecular flexibility index (Phi) is 4.40. The van der Waals surface area contributed by atoms with Crippen molar-refractivity contribution in [3.05, 3.63) is 0 Å². The van der Waals surface area contributed by atoms with E-state index in [1.165, 1.54) is 0 Å². The predicted octanol–water partition coefficient (Wildman–Crippen LogP) is 1.14. The van der Waals surface area contributed by atoms with E-state index in [0.717, 1.165) is 45.3 Å². The molecule has 2 N–H and O–H groups in total. The van der Waals surface area contributed by atoms with Gasteiger partial charge in [-0.2, -0.15) is 0 Å². The van der Waals surface area contributed by atoms with Crippen LogP contribution in [-0.2, 0) is 9.53 Å². The van der Waals surface area contributed by atoms with Crippen LogP contribution in [0.4, 0.5) is 0 Å². The van der Waals surface area contributed by atoms with Crippen molar-refractivity contribution in [3.8, 4) is 0 Å². The van der Waals surface area contributed by atoms with Gasteiger partial charge in [-0.3, -0.25) is 4.79 Å². The third-order valence-corrected chi connectivity index (χ3v) is 3.99. The van der Waals surface area contributed by atoms with Crippen LogP contribution in [0.3, 0.4) is 0 Å². The Morgan fingerprint density at radius 1 is 1.41 bits per heavy atom. The first-order chi connectivity index (χ1) is 8.22. The van der Waals surface area contributed by atoms with E-state index in [2.05, 4.69) is 6.92 Å². The Hall–Kier alpha value is -0.610. The summed E-state index contributed by atoms with van der Waals surface area (Å²) >= 11 is 0. The normalized spacial score (nSPS) is 34.7. The largest absolute Gasteiger partial charge is 0.368 e. The standard InChI is InChI=1S/C13H24N2O2/c1-10-5-6-15(11(8-10)9-14)13(16)12-4-2-3-7-17-12/h10-12H,2-9,14H2,1H3. The van der Waals surface area contributed by atoms with Crippen LogP contribution in [0, 0.1) is 5.92 Å². The molecule has 2 heterocycles. The van der Waals surface area contributed by atoms with Crippen LogP contribution in [0.15, 0.2) is 0 Å². The summed E-state index contributed by atoms with van der Waals surface area (Å²) in [6, 6.07) is 0.219. The predicted molar refractivity (Wildman–Crippen MR) is 66.5 cm³/mol. The molecule has 0 spiro atoms. The molecule has 0 aliphatic carbocycles. The van der Waals surface area contributed by atoms with E-state index in [1.54, 1.807) is 0 Å². The summed E-state index contributed by atoms with van der Waals surface area (Å²) in [5.74, 6) is 0.854. The van der Waals surface area contributed by atoms with Crippen molar-refractivity contribution >= 4 is 5.91 Å². The minimum Gasteiger partial charge on any atom is -0.368 e. The van der Waals surface area contributed by atoms with Gasteiger partial charge in [0.25, 0.3) is 5.91 Å². The zero-order valence-electron chi connectivity index (χ0n) is 10.7. The third-order valence-electron chi connectivity index (χ3n) is 3.99. The van der Waals surface area contributed by atoms with E-state index in [0.29, 0.717) is 12.5 Å². The van der Waals surface area contributed by atoms with Crippen LogP contribution in [-0.4, -0.2) is 42.6 Å². The van der Waals surface area contributed by atoms with Crippen molar-refractivity contribution in [2.24, 2.45) is 11.7 Å². The van der Waals surface area contributed by atoms with Gasteiger partial charge in [-0.25, -0.2) is 0 Å². The zero-order chi connectivity index (χ0) is 12.3. The van der Waals surface area contributed by atoms with Crippen molar-refractivity contribution in [1.82, 2.24) is 4.90 Å². The number of ether oxygens (including phenoxy) is 1. The summed E-state index contributed by atoms with van der Waals surface area (Å²) in [6.45, 7) is 4.39. The van der Waals surface area contributed by atoms with Crippen LogP contribution in [0.25, 0.3) is 0 Å². The Morgan fingerprint density at radius 3 is 2.88 bits per heavy atom. The maximum absolute atomic E-state index is 12.4. The molecule has 2 fully saturated rings. The first-order valence-corrected chi connectivity index (χ1v) is 6.84. The molecule has 1 amide bonds. The minimum absolute atomic E-state index is 0.173. The summed E-state index contributed by atoms with van der Waals surface area (Å²) in [5, 5.41) is 0. The van der Waals surface area contributed by atoms with E-state index in [9.17, 15) is 4.79 Å². The smallest absolute Gasteiger partial charge is 0.251 e. The lowest BCUT2D eigenvalue weighted by Gasteiger charge is -2.40. The zero-order valence-corrected chi connectivity index (χ0v) is 10.7. The quantitative estimate of drug-likeness (QED) is 0.787. The molecule has 0 aromatic rings. The van der Waals surface area contributed by atoms with Crippen LogP contribution >= 0.6 is 0 Å². The fourth-order valence-electron chi connectivity index (χ4n) is 2.89. The number of nitrogens with two attached hydrogens (primary N) is 1. The first kappa shape index (κ1) is 12.8. The maximum Gasteiger partial charge on any atom is 0.251 e. The Bertz CT molecular complexity index is 264. The summed E-state index contributed by atoms with van der Waals surface area (Å²) in [6.07, 6.45) is 4.99. The van der Waals surface area contributed by atoms with Gasteiger partial charge < -0.3 is 15.4 Å². The second kappa shape index (κ2) is 5.83. The monoisotopic (exact) mass is 240 g/mol. The highest BCUT2D eigenvalue weighted by Gasteiger charge is 2.33. The van der Waals surface area contributed by atoms with Gasteiger partial charge in [-0.15, -0.1) is 0 Å². The van der Waals surface area contributed by atoms with E-state index in [4.69, 9.17) is 10.5 Å². The Balaban J connectivity index is 1.96. The number of likely N-dealkylation sites (tertiary alicyclic amines) is 1. The molecule has 2 aliphatic heterocycles. The Morgan fingerprint density at radius 2 is 2.24 bits per heavy atom. The topological polar surface area (TPSA) is 55.6 Å². The number of carbonyl (C=O) groups excluding carboxylic acids is 1. The van der Waals surface area contributed by atoms with Gasteiger partial charge in [-0.05, 0) is 38.0 Å². The van der Waals surface area contributed by atoms with E-state index in [-0.39, 0.29) is 18.1 Å². The summed E-state index contributed by atoms with van der Waals surface area (Å²) in [5.41, 5.74) is 5.79. The second-order valence-electron chi connectivity index (χ2n) is 5.41. The fraction of sp³-hybridized carbons (Fsp3) is 0.923. The lowest BCUT2D eigenvalue weighted by Crippen LogP contribution is -2.53. The molecule has 3 unspecified atom stereocenters. The molecule has 3 atom stereocenters. The van der Waals surface area contributed by atoms with Crippen molar-refractivity contribution in [1.29, 1.82) is 0 Å². The fourth-order valence-corrected chi connectivity index (χ4v) is 2.89. The van der Waals surface area contributed by atoms with E-state index >= 15 is 0 Å². The van der Waals surface area contributed by atoms with E-state index in [1.807, 2.05) is 4.90 Å². The molecule has 0 aromatic heterocycles. The van der Waals surface area contributed by atoms with Gasteiger partial charge in [0.05, 0.1) is 0 Å². The van der Waals surface area contributed by atoms with Crippen molar-refractivity contribution in [3.63, 3.8) is 0 Å². The molecule has 0 radical (unpaired) electrons. The van der Waals surface area contributed by atoms with Gasteiger partial charge in [0.15, 0.2) is 0 Å². The van der Waals surface area contributed by atoms with Crippen molar-refractivity contribution < 1.29 is 9.53 Å². The molecule has 2 rings (SSSR count). The number of hydrogen-bond donors (Lipinski definition) is 1. The number of rotatable bonds is 2. The molecular weight excluding hydrogens is 216 g/mol. The molecule has 4 nitrogen and oxygen atoms in total. The third kappa shape index (κ3) is 2.99. The second-order valence-corrected chi connectivity index (χ2v) is 5.41. The highest BCUT2D eigenvalue weighted by molar-refractivity contribution is 5.81. The molecule has 0 aromatic carbocycles. The number of amides is 1. The molecule has 4 heteroatoms. The van der Waals surface area contributed by atoms with Gasteiger partial charge in [0, 0.05) is 25.7 Å². The summed E-state index contributed by atoms with van der Waals surface area (Å²) in [4.78, 5) is 14.3. The molecule has 0 saturated carbocycles. The molecule has 2 aliphatic rings. The van der Waals surface area contributed by atoms with Crippen LogP contribution in [0.5, 0.6) is 0 Å². The lowest BCUT2D eigenvalue weighted by molar-refractivity contribution is -0.150. The van der Waals surface area contributed by atoms with Crippen molar-refractivity contribution in [2.75, 3.05) is 19.7 Å². The number of carbonyl (C=O) groups is 1.